The number of rotatable bonds is 5. The molecule has 0 radical (unpaired) electrons. The molecule has 2 atom stereocenters. The Hall–Kier alpha value is -1.88. The van der Waals surface area contributed by atoms with Crippen LogP contribution in [-0.4, -0.2) is 30.2 Å². The topological polar surface area (TPSA) is 46.6 Å². The maximum atomic E-state index is 12.6. The van der Waals surface area contributed by atoms with Crippen molar-refractivity contribution in [2.45, 2.75) is 38.3 Å². The minimum atomic E-state index is -0.240. The number of morpholine rings is 1. The van der Waals surface area contributed by atoms with Crippen LogP contribution in [0.15, 0.2) is 48.5 Å². The van der Waals surface area contributed by atoms with Crippen LogP contribution < -0.4 is 0 Å². The molecule has 29 heavy (non-hydrogen) atoms. The predicted molar refractivity (Wildman–Crippen MR) is 115 cm³/mol. The summed E-state index contributed by atoms with van der Waals surface area (Å²) >= 11 is 12.2. The number of ether oxygens (including phenoxy) is 1. The molecular formula is C23H25Cl2NO3. The van der Waals surface area contributed by atoms with E-state index in [2.05, 4.69) is 0 Å². The van der Waals surface area contributed by atoms with Crippen LogP contribution in [0.1, 0.15) is 49.5 Å². The van der Waals surface area contributed by atoms with Gasteiger partial charge in [0, 0.05) is 23.0 Å². The molecule has 2 aromatic carbocycles. The van der Waals surface area contributed by atoms with Crippen LogP contribution in [0.25, 0.3) is 0 Å². The molecule has 2 fully saturated rings. The molecule has 0 bridgehead atoms. The van der Waals surface area contributed by atoms with Crippen LogP contribution in [-0.2, 0) is 14.3 Å². The zero-order valence-corrected chi connectivity index (χ0v) is 17.9. The highest BCUT2D eigenvalue weighted by Crippen LogP contribution is 2.43. The lowest BCUT2D eigenvalue weighted by Gasteiger charge is -2.41. The van der Waals surface area contributed by atoms with Crippen molar-refractivity contribution in [2.24, 2.45) is 5.92 Å². The summed E-state index contributed by atoms with van der Waals surface area (Å²) in [6, 6.07) is 15.2. The minimum absolute atomic E-state index is 0.0464. The third kappa shape index (κ3) is 5.81. The summed E-state index contributed by atoms with van der Waals surface area (Å²) in [5, 5.41) is 1.35. The summed E-state index contributed by atoms with van der Waals surface area (Å²) in [5.74, 6) is 0.655. The van der Waals surface area contributed by atoms with Gasteiger partial charge in [0.25, 0.3) is 0 Å². The number of amides is 1. The molecule has 0 N–H and O–H groups in total. The number of nitrogens with zero attached hydrogens (tertiary/aromatic N) is 1. The second kappa shape index (κ2) is 10.2. The van der Waals surface area contributed by atoms with Crippen LogP contribution in [0.2, 0.25) is 10.0 Å². The third-order valence-corrected chi connectivity index (χ3v) is 5.52. The number of aldehydes is 1. The molecule has 2 aromatic rings. The second-order valence-corrected chi connectivity index (χ2v) is 8.22. The Morgan fingerprint density at radius 2 is 1.76 bits per heavy atom. The molecular weight excluding hydrogens is 409 g/mol. The van der Waals surface area contributed by atoms with Crippen LogP contribution in [0.4, 0.5) is 0 Å². The van der Waals surface area contributed by atoms with Crippen molar-refractivity contribution < 1.29 is 14.3 Å². The molecule has 0 aromatic heterocycles. The van der Waals surface area contributed by atoms with Crippen molar-refractivity contribution in [3.63, 3.8) is 0 Å². The van der Waals surface area contributed by atoms with E-state index in [1.165, 1.54) is 12.8 Å². The molecule has 0 spiro atoms. The Labute approximate surface area is 181 Å². The van der Waals surface area contributed by atoms with Crippen molar-refractivity contribution >= 4 is 35.4 Å². The Morgan fingerprint density at radius 3 is 2.34 bits per heavy atom. The van der Waals surface area contributed by atoms with Crippen LogP contribution in [0.5, 0.6) is 0 Å². The lowest BCUT2D eigenvalue weighted by Crippen LogP contribution is -2.46. The lowest BCUT2D eigenvalue weighted by molar-refractivity contribution is -0.159. The number of hydrogen-bond donors (Lipinski definition) is 0. The highest BCUT2D eigenvalue weighted by atomic mass is 35.5. The number of carbonyl (C=O) groups excluding carboxylic acids is 2. The van der Waals surface area contributed by atoms with E-state index in [1.807, 2.05) is 60.4 Å². The summed E-state index contributed by atoms with van der Waals surface area (Å²) < 4.78 is 5.98. The number of halogens is 2. The first-order chi connectivity index (χ1) is 14.0. The first-order valence-electron chi connectivity index (χ1n) is 9.89. The van der Waals surface area contributed by atoms with Gasteiger partial charge in [-0.25, -0.2) is 0 Å². The number of hydrogen-bond acceptors (Lipinski definition) is 3. The zero-order chi connectivity index (χ0) is 20.8. The number of carbonyl (C=O) groups is 2. The molecule has 2 aliphatic rings. The molecule has 1 aliphatic carbocycles. The summed E-state index contributed by atoms with van der Waals surface area (Å²) in [5.41, 5.74) is 2.02. The average molecular weight is 434 g/mol. The van der Waals surface area contributed by atoms with E-state index in [4.69, 9.17) is 27.9 Å². The Balaban J connectivity index is 0.000000552. The van der Waals surface area contributed by atoms with Gasteiger partial charge in [-0.05, 0) is 54.2 Å². The highest BCUT2D eigenvalue weighted by Gasteiger charge is 2.41. The van der Waals surface area contributed by atoms with Gasteiger partial charge in [0.1, 0.15) is 19.0 Å². The molecule has 2 unspecified atom stereocenters. The van der Waals surface area contributed by atoms with Gasteiger partial charge in [-0.1, -0.05) is 54.4 Å². The predicted octanol–water partition coefficient (Wildman–Crippen LogP) is 5.64. The quantitative estimate of drug-likeness (QED) is 0.573. The minimum Gasteiger partial charge on any atom is -0.361 e. The molecule has 4 rings (SSSR count). The number of benzene rings is 2. The molecule has 6 heteroatoms. The van der Waals surface area contributed by atoms with Crippen molar-refractivity contribution in [2.75, 3.05) is 13.2 Å². The Bertz CT molecular complexity index is 836. The van der Waals surface area contributed by atoms with E-state index in [1.54, 1.807) is 0 Å². The fourth-order valence-corrected chi connectivity index (χ4v) is 3.75. The molecule has 1 saturated carbocycles. The highest BCUT2D eigenvalue weighted by molar-refractivity contribution is 6.30. The summed E-state index contributed by atoms with van der Waals surface area (Å²) in [6.07, 6.45) is 3.66. The third-order valence-electron chi connectivity index (χ3n) is 5.04. The van der Waals surface area contributed by atoms with Crippen molar-refractivity contribution in [1.29, 1.82) is 0 Å². The largest absolute Gasteiger partial charge is 0.361 e. The monoisotopic (exact) mass is 433 g/mol. The van der Waals surface area contributed by atoms with Gasteiger partial charge < -0.3 is 14.4 Å². The van der Waals surface area contributed by atoms with E-state index >= 15 is 0 Å². The molecule has 1 heterocycles. The van der Waals surface area contributed by atoms with Crippen molar-refractivity contribution in [1.82, 2.24) is 4.90 Å². The fraction of sp³-hybridized carbons (Fsp3) is 0.391. The molecule has 1 saturated heterocycles. The smallest absolute Gasteiger partial charge is 0.249 e. The first kappa shape index (κ1) is 21.8. The lowest BCUT2D eigenvalue weighted by atomic mass is 9.92. The van der Waals surface area contributed by atoms with Crippen LogP contribution >= 0.6 is 23.2 Å². The van der Waals surface area contributed by atoms with Crippen LogP contribution in [0, 0.1) is 5.92 Å². The van der Waals surface area contributed by atoms with E-state index in [9.17, 15) is 9.59 Å². The van der Waals surface area contributed by atoms with Gasteiger partial charge in [-0.2, -0.15) is 0 Å². The van der Waals surface area contributed by atoms with Gasteiger partial charge in [-0.15, -0.1) is 0 Å². The second-order valence-electron chi connectivity index (χ2n) is 7.35. The van der Waals surface area contributed by atoms with Crippen molar-refractivity contribution in [3.05, 3.63) is 69.7 Å². The van der Waals surface area contributed by atoms with Gasteiger partial charge in [0.05, 0.1) is 6.04 Å². The standard InChI is InChI=1S/C20H19Cl2NO2.C3H6O/c21-16-8-6-14(7-9-16)19-20(15-2-1-3-17(22)10-15)25-12-18(24)23(19)11-13-4-5-13;1-2-3-4/h1-3,6-10,13,19-20H,4-5,11-12H2;3H,2H2,1H3. The van der Waals surface area contributed by atoms with Gasteiger partial charge in [0.15, 0.2) is 0 Å². The SMILES string of the molecule is CCC=O.O=C1COC(c2cccc(Cl)c2)C(c2ccc(Cl)cc2)N1CC1CC1. The van der Waals surface area contributed by atoms with Crippen LogP contribution in [0.3, 0.4) is 0 Å². The van der Waals surface area contributed by atoms with Crippen molar-refractivity contribution in [3.8, 4) is 0 Å². The maximum absolute atomic E-state index is 12.6. The average Bonchev–Trinajstić information content (AvgIpc) is 3.54. The van der Waals surface area contributed by atoms with E-state index in [0.717, 1.165) is 24.0 Å². The maximum Gasteiger partial charge on any atom is 0.249 e. The van der Waals surface area contributed by atoms with E-state index < -0.39 is 0 Å². The molecule has 154 valence electrons. The Morgan fingerprint density at radius 1 is 1.07 bits per heavy atom. The van der Waals surface area contributed by atoms with E-state index in [-0.39, 0.29) is 24.7 Å². The zero-order valence-electron chi connectivity index (χ0n) is 16.4. The van der Waals surface area contributed by atoms with Gasteiger partial charge in [-0.3, -0.25) is 4.79 Å². The van der Waals surface area contributed by atoms with Gasteiger partial charge >= 0.3 is 0 Å². The summed E-state index contributed by atoms with van der Waals surface area (Å²) in [6.45, 7) is 2.70. The summed E-state index contributed by atoms with van der Waals surface area (Å²) in [4.78, 5) is 23.8. The fourth-order valence-electron chi connectivity index (χ4n) is 3.42. The molecule has 1 aliphatic heterocycles. The van der Waals surface area contributed by atoms with Gasteiger partial charge in [0.2, 0.25) is 5.91 Å². The normalized spacial score (nSPS) is 21.3. The molecule has 4 nitrogen and oxygen atoms in total. The van der Waals surface area contributed by atoms with E-state index in [0.29, 0.717) is 22.4 Å². The molecule has 1 amide bonds. The Kier molecular flexibility index (Phi) is 7.70. The summed E-state index contributed by atoms with van der Waals surface area (Å²) in [7, 11) is 0. The first-order valence-corrected chi connectivity index (χ1v) is 10.6.